The quantitative estimate of drug-likeness (QED) is 0.796. The predicted molar refractivity (Wildman–Crippen MR) is 75.7 cm³/mol. The van der Waals surface area contributed by atoms with E-state index in [9.17, 15) is 8.78 Å². The second-order valence-corrected chi connectivity index (χ2v) is 5.59. The monoisotopic (exact) mass is 273 g/mol. The van der Waals surface area contributed by atoms with E-state index in [1.165, 1.54) is 18.2 Å². The summed E-state index contributed by atoms with van der Waals surface area (Å²) in [5.41, 5.74) is 3.28. The molecule has 1 aliphatic rings. The van der Waals surface area contributed by atoms with E-state index in [1.807, 2.05) is 32.3 Å². The summed E-state index contributed by atoms with van der Waals surface area (Å²) in [4.78, 5) is 2.11. The number of benzene rings is 2. The van der Waals surface area contributed by atoms with Crippen LogP contribution in [0.5, 0.6) is 0 Å². The molecule has 0 unspecified atom stereocenters. The Hall–Kier alpha value is -1.74. The molecule has 104 valence electrons. The Labute approximate surface area is 117 Å². The molecule has 0 bridgehead atoms. The molecule has 0 spiro atoms. The van der Waals surface area contributed by atoms with Gasteiger partial charge in [-0.3, -0.25) is 0 Å². The summed E-state index contributed by atoms with van der Waals surface area (Å²) in [5.74, 6) is -0.218. The predicted octanol–water partition coefficient (Wildman–Crippen LogP) is 4.10. The Balaban J connectivity index is 2.05. The van der Waals surface area contributed by atoms with Gasteiger partial charge in [0, 0.05) is 12.0 Å². The second kappa shape index (κ2) is 4.98. The molecule has 1 nitrogen and oxygen atoms in total. The van der Waals surface area contributed by atoms with Crippen molar-refractivity contribution >= 4 is 0 Å². The lowest BCUT2D eigenvalue weighted by atomic mass is 9.93. The van der Waals surface area contributed by atoms with E-state index in [-0.39, 0.29) is 23.6 Å². The van der Waals surface area contributed by atoms with Crippen molar-refractivity contribution in [1.82, 2.24) is 4.90 Å². The molecule has 2 aromatic rings. The Morgan fingerprint density at radius 2 is 1.55 bits per heavy atom. The van der Waals surface area contributed by atoms with E-state index in [1.54, 1.807) is 6.07 Å². The van der Waals surface area contributed by atoms with Crippen LogP contribution in [0.25, 0.3) is 0 Å². The number of halogens is 2. The molecule has 0 aliphatic heterocycles. The van der Waals surface area contributed by atoms with Crippen molar-refractivity contribution in [2.75, 3.05) is 14.1 Å². The maximum absolute atomic E-state index is 13.5. The second-order valence-electron chi connectivity index (χ2n) is 5.59. The third kappa shape index (κ3) is 2.22. The summed E-state index contributed by atoms with van der Waals surface area (Å²) < 4.78 is 26.6. The van der Waals surface area contributed by atoms with Crippen LogP contribution in [-0.2, 0) is 0 Å². The van der Waals surface area contributed by atoms with Crippen LogP contribution in [0.1, 0.15) is 35.1 Å². The standard InChI is InChI=1S/C17H17F2N/c1-20(2)17-10-15(11-3-5-12(18)6-4-11)14-8-7-13(19)9-16(14)17/h3-9,15,17H,10H2,1-2H3/t15-,17+/m0/s1. The topological polar surface area (TPSA) is 3.24 Å². The van der Waals surface area contributed by atoms with Crippen molar-refractivity contribution < 1.29 is 8.78 Å². The van der Waals surface area contributed by atoms with Gasteiger partial charge in [-0.25, -0.2) is 8.78 Å². The molecule has 2 atom stereocenters. The van der Waals surface area contributed by atoms with Crippen molar-refractivity contribution in [2.24, 2.45) is 0 Å². The fourth-order valence-corrected chi connectivity index (χ4v) is 3.13. The summed E-state index contributed by atoms with van der Waals surface area (Å²) in [5, 5.41) is 0. The van der Waals surface area contributed by atoms with Gasteiger partial charge in [0.05, 0.1) is 0 Å². The van der Waals surface area contributed by atoms with Gasteiger partial charge in [-0.15, -0.1) is 0 Å². The summed E-state index contributed by atoms with van der Waals surface area (Å²) >= 11 is 0. The molecule has 3 rings (SSSR count). The zero-order chi connectivity index (χ0) is 14.3. The largest absolute Gasteiger partial charge is 0.302 e. The first kappa shape index (κ1) is 13.3. The molecule has 0 radical (unpaired) electrons. The van der Waals surface area contributed by atoms with E-state index in [4.69, 9.17) is 0 Å². The number of rotatable bonds is 2. The molecule has 0 saturated carbocycles. The van der Waals surface area contributed by atoms with Gasteiger partial charge in [-0.05, 0) is 61.5 Å². The molecule has 0 amide bonds. The molecule has 3 heteroatoms. The van der Waals surface area contributed by atoms with Crippen LogP contribution in [0, 0.1) is 11.6 Å². The van der Waals surface area contributed by atoms with Gasteiger partial charge in [-0.2, -0.15) is 0 Å². The molecule has 0 aromatic heterocycles. The van der Waals surface area contributed by atoms with Crippen LogP contribution in [0.2, 0.25) is 0 Å². The van der Waals surface area contributed by atoms with E-state index in [0.717, 1.165) is 23.1 Å². The van der Waals surface area contributed by atoms with Gasteiger partial charge >= 0.3 is 0 Å². The Kier molecular flexibility index (Phi) is 3.30. The first-order valence-corrected chi connectivity index (χ1v) is 6.77. The third-order valence-electron chi connectivity index (χ3n) is 4.14. The Morgan fingerprint density at radius 1 is 0.900 bits per heavy atom. The van der Waals surface area contributed by atoms with Crippen molar-refractivity contribution in [2.45, 2.75) is 18.4 Å². The first-order chi connectivity index (χ1) is 9.56. The average Bonchev–Trinajstić information content (AvgIpc) is 2.78. The fraction of sp³-hybridized carbons (Fsp3) is 0.294. The van der Waals surface area contributed by atoms with E-state index >= 15 is 0 Å². The van der Waals surface area contributed by atoms with Gasteiger partial charge in [0.2, 0.25) is 0 Å². The maximum Gasteiger partial charge on any atom is 0.123 e. The first-order valence-electron chi connectivity index (χ1n) is 6.77. The number of fused-ring (bicyclic) bond motifs is 1. The summed E-state index contributed by atoms with van der Waals surface area (Å²) in [6.07, 6.45) is 0.900. The average molecular weight is 273 g/mol. The van der Waals surface area contributed by atoms with Gasteiger partial charge in [0.25, 0.3) is 0 Å². The Morgan fingerprint density at radius 3 is 2.20 bits per heavy atom. The SMILES string of the molecule is CN(C)[C@@H]1C[C@@H](c2ccc(F)cc2)c2ccc(F)cc21. The minimum absolute atomic E-state index is 0.199. The van der Waals surface area contributed by atoms with Crippen LogP contribution in [0.4, 0.5) is 8.78 Å². The molecule has 2 aromatic carbocycles. The lowest BCUT2D eigenvalue weighted by Gasteiger charge is -2.20. The van der Waals surface area contributed by atoms with Gasteiger partial charge in [0.15, 0.2) is 0 Å². The zero-order valence-corrected chi connectivity index (χ0v) is 11.6. The van der Waals surface area contributed by atoms with Gasteiger partial charge in [-0.1, -0.05) is 18.2 Å². The summed E-state index contributed by atoms with van der Waals surface area (Å²) in [7, 11) is 4.01. The number of nitrogens with zero attached hydrogens (tertiary/aromatic N) is 1. The lowest BCUT2D eigenvalue weighted by Crippen LogP contribution is -2.17. The summed E-state index contributed by atoms with van der Waals surface area (Å²) in [6.45, 7) is 0. The number of hydrogen-bond acceptors (Lipinski definition) is 1. The minimum Gasteiger partial charge on any atom is -0.302 e. The molecule has 1 aliphatic carbocycles. The lowest BCUT2D eigenvalue weighted by molar-refractivity contribution is 0.293. The smallest absolute Gasteiger partial charge is 0.123 e. The molecule has 0 saturated heterocycles. The molecular formula is C17H17F2N. The molecule has 0 heterocycles. The van der Waals surface area contributed by atoms with Gasteiger partial charge in [0.1, 0.15) is 11.6 Å². The van der Waals surface area contributed by atoms with Crippen molar-refractivity contribution in [1.29, 1.82) is 0 Å². The van der Waals surface area contributed by atoms with Crippen molar-refractivity contribution in [3.63, 3.8) is 0 Å². The Bertz CT molecular complexity index is 619. The molecule has 0 fully saturated rings. The van der Waals surface area contributed by atoms with E-state index in [2.05, 4.69) is 4.90 Å². The molecule has 20 heavy (non-hydrogen) atoms. The van der Waals surface area contributed by atoms with Gasteiger partial charge < -0.3 is 4.90 Å². The summed E-state index contributed by atoms with van der Waals surface area (Å²) in [6, 6.07) is 11.8. The van der Waals surface area contributed by atoms with Crippen molar-refractivity contribution in [3.05, 3.63) is 70.8 Å². The third-order valence-corrected chi connectivity index (χ3v) is 4.14. The molecular weight excluding hydrogens is 256 g/mol. The number of hydrogen-bond donors (Lipinski definition) is 0. The van der Waals surface area contributed by atoms with Crippen LogP contribution in [0.15, 0.2) is 42.5 Å². The highest BCUT2D eigenvalue weighted by Gasteiger charge is 2.33. The molecule has 0 N–H and O–H groups in total. The van der Waals surface area contributed by atoms with Crippen LogP contribution >= 0.6 is 0 Å². The van der Waals surface area contributed by atoms with Crippen molar-refractivity contribution in [3.8, 4) is 0 Å². The highest BCUT2D eigenvalue weighted by molar-refractivity contribution is 5.44. The van der Waals surface area contributed by atoms with Crippen LogP contribution in [-0.4, -0.2) is 19.0 Å². The highest BCUT2D eigenvalue weighted by atomic mass is 19.1. The fourth-order valence-electron chi connectivity index (χ4n) is 3.13. The maximum atomic E-state index is 13.5. The normalized spacial score (nSPS) is 21.2. The van der Waals surface area contributed by atoms with Crippen LogP contribution < -0.4 is 0 Å². The van der Waals surface area contributed by atoms with E-state index < -0.39 is 0 Å². The zero-order valence-electron chi connectivity index (χ0n) is 11.6. The van der Waals surface area contributed by atoms with Crippen LogP contribution in [0.3, 0.4) is 0 Å². The van der Waals surface area contributed by atoms with E-state index in [0.29, 0.717) is 0 Å². The highest BCUT2D eigenvalue weighted by Crippen LogP contribution is 2.46. The minimum atomic E-state index is -0.227.